The SMILES string of the molecule is COCC(=O)Nc1cc(N2C(=S)N[C@H](c3ccccn3)[C@H]2c2cccn2-c2ccccn2)ccc1OC. The zero-order valence-corrected chi connectivity index (χ0v) is 21.2. The van der Waals surface area contributed by atoms with Crippen LogP contribution in [-0.4, -0.2) is 46.4 Å². The van der Waals surface area contributed by atoms with E-state index in [-0.39, 0.29) is 24.6 Å². The van der Waals surface area contributed by atoms with E-state index in [1.54, 1.807) is 19.5 Å². The molecule has 2 N–H and O–H groups in total. The van der Waals surface area contributed by atoms with Crippen molar-refractivity contribution in [2.24, 2.45) is 0 Å². The van der Waals surface area contributed by atoms with E-state index in [2.05, 4.69) is 26.7 Å². The third-order valence-corrected chi connectivity index (χ3v) is 6.40. The smallest absolute Gasteiger partial charge is 0.250 e. The fraction of sp³-hybridized carbons (Fsp3) is 0.185. The van der Waals surface area contributed by atoms with Gasteiger partial charge in [0.05, 0.1) is 24.5 Å². The van der Waals surface area contributed by atoms with E-state index in [9.17, 15) is 4.79 Å². The average Bonchev–Trinajstić information content (AvgIpc) is 3.54. The molecule has 0 radical (unpaired) electrons. The molecule has 1 fully saturated rings. The number of methoxy groups -OCH3 is 2. The normalized spacial score (nSPS) is 16.9. The number of amides is 1. The number of aromatic nitrogens is 3. The number of hydrogen-bond donors (Lipinski definition) is 2. The molecule has 1 saturated heterocycles. The second-order valence-electron chi connectivity index (χ2n) is 8.35. The number of benzene rings is 1. The highest BCUT2D eigenvalue weighted by Gasteiger charge is 2.42. The van der Waals surface area contributed by atoms with Crippen LogP contribution in [0.2, 0.25) is 0 Å². The van der Waals surface area contributed by atoms with E-state index >= 15 is 0 Å². The topological polar surface area (TPSA) is 93.5 Å². The van der Waals surface area contributed by atoms with Crippen LogP contribution in [-0.2, 0) is 9.53 Å². The number of nitrogens with one attached hydrogen (secondary N) is 2. The molecule has 4 aromatic rings. The number of rotatable bonds is 8. The molecule has 3 aromatic heterocycles. The standard InChI is InChI=1S/C27H26N6O3S/c1-35-17-24(34)30-20-16-18(11-12-22(20)36-2)33-26(25(31-27(33)37)19-8-3-5-13-28-19)21-9-7-15-32(21)23-10-4-6-14-29-23/h3-16,25-26H,17H2,1-2H3,(H,30,34)(H,31,37)/t25-,26-/m1/s1. The number of pyridine rings is 2. The number of carbonyl (C=O) groups excluding carboxylic acids is 1. The Balaban J connectivity index is 1.62. The molecule has 9 nitrogen and oxygen atoms in total. The molecule has 1 amide bonds. The van der Waals surface area contributed by atoms with Gasteiger partial charge in [-0.1, -0.05) is 12.1 Å². The lowest BCUT2D eigenvalue weighted by molar-refractivity contribution is -0.119. The van der Waals surface area contributed by atoms with Crippen LogP contribution in [0.25, 0.3) is 5.82 Å². The predicted octanol–water partition coefficient (Wildman–Crippen LogP) is 4.04. The summed E-state index contributed by atoms with van der Waals surface area (Å²) in [6.45, 7) is -0.0704. The van der Waals surface area contributed by atoms with Crippen molar-refractivity contribution in [1.29, 1.82) is 0 Å². The number of anilines is 2. The molecule has 0 bridgehead atoms. The van der Waals surface area contributed by atoms with E-state index in [4.69, 9.17) is 21.7 Å². The Kier molecular flexibility index (Phi) is 7.11. The van der Waals surface area contributed by atoms with Gasteiger partial charge in [0.1, 0.15) is 24.2 Å². The average molecular weight is 515 g/mol. The second kappa shape index (κ2) is 10.8. The van der Waals surface area contributed by atoms with Crippen LogP contribution >= 0.6 is 12.2 Å². The number of hydrogen-bond acceptors (Lipinski definition) is 6. The van der Waals surface area contributed by atoms with Crippen molar-refractivity contribution in [3.05, 3.63) is 96.7 Å². The van der Waals surface area contributed by atoms with E-state index < -0.39 is 0 Å². The third kappa shape index (κ3) is 4.89. The molecule has 5 rings (SSSR count). The van der Waals surface area contributed by atoms with Gasteiger partial charge in [-0.3, -0.25) is 9.78 Å². The minimum Gasteiger partial charge on any atom is -0.495 e. The van der Waals surface area contributed by atoms with E-state index in [0.717, 1.165) is 22.9 Å². The Hall–Kier alpha value is -4.28. The highest BCUT2D eigenvalue weighted by atomic mass is 32.1. The highest BCUT2D eigenvalue weighted by Crippen LogP contribution is 2.43. The summed E-state index contributed by atoms with van der Waals surface area (Å²) in [5.74, 6) is 1.04. The zero-order chi connectivity index (χ0) is 25.8. The first-order chi connectivity index (χ1) is 18.1. The van der Waals surface area contributed by atoms with E-state index in [1.807, 2.05) is 76.3 Å². The number of thiocarbonyl (C=S) groups is 1. The lowest BCUT2D eigenvalue weighted by atomic mass is 10.0. The minimum atomic E-state index is -0.285. The lowest BCUT2D eigenvalue weighted by Gasteiger charge is -2.29. The molecule has 1 aromatic carbocycles. The van der Waals surface area contributed by atoms with E-state index in [0.29, 0.717) is 16.5 Å². The largest absolute Gasteiger partial charge is 0.495 e. The second-order valence-corrected chi connectivity index (χ2v) is 8.74. The fourth-order valence-corrected chi connectivity index (χ4v) is 4.88. The summed E-state index contributed by atoms with van der Waals surface area (Å²) in [5.41, 5.74) is 3.13. The summed E-state index contributed by atoms with van der Waals surface area (Å²) in [4.78, 5) is 23.5. The minimum absolute atomic E-state index is 0.0704. The Labute approximate surface area is 220 Å². The van der Waals surface area contributed by atoms with Crippen molar-refractivity contribution in [2.75, 3.05) is 31.0 Å². The van der Waals surface area contributed by atoms with Crippen LogP contribution in [0.15, 0.2) is 85.3 Å². The van der Waals surface area contributed by atoms with Gasteiger partial charge in [0.25, 0.3) is 0 Å². The van der Waals surface area contributed by atoms with Crippen LogP contribution in [0.5, 0.6) is 5.75 Å². The summed E-state index contributed by atoms with van der Waals surface area (Å²) in [6, 6.07) is 20.7. The van der Waals surface area contributed by atoms with Crippen molar-refractivity contribution >= 4 is 34.6 Å². The fourth-order valence-electron chi connectivity index (χ4n) is 4.53. The van der Waals surface area contributed by atoms with Crippen LogP contribution in [0.4, 0.5) is 11.4 Å². The van der Waals surface area contributed by atoms with Gasteiger partial charge in [-0.2, -0.15) is 0 Å². The van der Waals surface area contributed by atoms with Crippen molar-refractivity contribution < 1.29 is 14.3 Å². The van der Waals surface area contributed by atoms with Crippen molar-refractivity contribution in [3.8, 4) is 11.6 Å². The van der Waals surface area contributed by atoms with Crippen LogP contribution in [0.1, 0.15) is 23.5 Å². The first-order valence-electron chi connectivity index (χ1n) is 11.7. The van der Waals surface area contributed by atoms with Gasteiger partial charge in [-0.15, -0.1) is 0 Å². The van der Waals surface area contributed by atoms with E-state index in [1.165, 1.54) is 7.11 Å². The molecule has 0 saturated carbocycles. The maximum atomic E-state index is 12.3. The zero-order valence-electron chi connectivity index (χ0n) is 20.4. The molecule has 188 valence electrons. The summed E-state index contributed by atoms with van der Waals surface area (Å²) in [7, 11) is 3.03. The number of nitrogens with zero attached hydrogens (tertiary/aromatic N) is 4. The molecule has 1 aliphatic rings. The maximum Gasteiger partial charge on any atom is 0.250 e. The van der Waals surface area contributed by atoms with Gasteiger partial charge in [-0.05, 0) is 66.8 Å². The number of carbonyl (C=O) groups is 1. The highest BCUT2D eigenvalue weighted by molar-refractivity contribution is 7.80. The van der Waals surface area contributed by atoms with Gasteiger partial charge >= 0.3 is 0 Å². The Morgan fingerprint density at radius 2 is 1.86 bits per heavy atom. The maximum absolute atomic E-state index is 12.3. The number of ether oxygens (including phenoxy) is 2. The van der Waals surface area contributed by atoms with Gasteiger partial charge in [0, 0.05) is 37.1 Å². The first kappa shape index (κ1) is 24.4. The van der Waals surface area contributed by atoms with Crippen molar-refractivity contribution in [2.45, 2.75) is 12.1 Å². The molecule has 0 unspecified atom stereocenters. The predicted molar refractivity (Wildman–Crippen MR) is 145 cm³/mol. The molecule has 4 heterocycles. The van der Waals surface area contributed by atoms with Crippen molar-refractivity contribution in [1.82, 2.24) is 19.9 Å². The Morgan fingerprint density at radius 3 is 2.57 bits per heavy atom. The monoisotopic (exact) mass is 514 g/mol. The van der Waals surface area contributed by atoms with Gasteiger partial charge in [-0.25, -0.2) is 4.98 Å². The first-order valence-corrected chi connectivity index (χ1v) is 12.1. The van der Waals surface area contributed by atoms with Crippen LogP contribution < -0.4 is 20.3 Å². The van der Waals surface area contributed by atoms with Gasteiger partial charge in [0.2, 0.25) is 5.91 Å². The Morgan fingerprint density at radius 1 is 1.05 bits per heavy atom. The molecule has 10 heteroatoms. The quantitative estimate of drug-likeness (QED) is 0.341. The Bertz CT molecular complexity index is 1400. The summed E-state index contributed by atoms with van der Waals surface area (Å²) in [6.07, 6.45) is 5.52. The molecule has 37 heavy (non-hydrogen) atoms. The summed E-state index contributed by atoms with van der Waals surface area (Å²) in [5, 5.41) is 6.87. The van der Waals surface area contributed by atoms with Crippen LogP contribution in [0, 0.1) is 0 Å². The third-order valence-electron chi connectivity index (χ3n) is 6.09. The molecule has 2 atom stereocenters. The lowest BCUT2D eigenvalue weighted by Crippen LogP contribution is -2.30. The molecule has 0 aliphatic carbocycles. The molecule has 0 spiro atoms. The van der Waals surface area contributed by atoms with Gasteiger partial charge < -0.3 is 29.6 Å². The van der Waals surface area contributed by atoms with Crippen LogP contribution in [0.3, 0.4) is 0 Å². The summed E-state index contributed by atoms with van der Waals surface area (Å²) < 4.78 is 12.5. The van der Waals surface area contributed by atoms with Crippen molar-refractivity contribution in [3.63, 3.8) is 0 Å². The molecular weight excluding hydrogens is 488 g/mol. The van der Waals surface area contributed by atoms with Gasteiger partial charge in [0.15, 0.2) is 5.11 Å². The molecular formula is C27H26N6O3S. The molecule has 1 aliphatic heterocycles. The summed E-state index contributed by atoms with van der Waals surface area (Å²) >= 11 is 5.87.